The molecule has 0 N–H and O–H groups in total. The van der Waals surface area contributed by atoms with Gasteiger partial charge in [-0.15, -0.1) is 0 Å². The van der Waals surface area contributed by atoms with E-state index in [2.05, 4.69) is 81.5 Å². The summed E-state index contributed by atoms with van der Waals surface area (Å²) in [4.78, 5) is 38.3. The summed E-state index contributed by atoms with van der Waals surface area (Å²) in [5.41, 5.74) is 0. The van der Waals surface area contributed by atoms with Crippen molar-refractivity contribution >= 4 is 17.9 Å². The number of carbonyl (C=O) groups excluding carboxylic acids is 3. The molecule has 0 aromatic rings. The van der Waals surface area contributed by atoms with Crippen LogP contribution in [0.4, 0.5) is 0 Å². The van der Waals surface area contributed by atoms with Crippen molar-refractivity contribution in [1.82, 2.24) is 0 Å². The van der Waals surface area contributed by atoms with E-state index in [4.69, 9.17) is 14.2 Å². The maximum absolute atomic E-state index is 12.9. The first-order chi connectivity index (χ1) is 39.0. The molecule has 0 aliphatic carbocycles. The van der Waals surface area contributed by atoms with Gasteiger partial charge in [0.15, 0.2) is 6.10 Å². The lowest BCUT2D eigenvalue weighted by Crippen LogP contribution is -2.30. The topological polar surface area (TPSA) is 78.9 Å². The van der Waals surface area contributed by atoms with E-state index in [9.17, 15) is 14.4 Å². The quantitative estimate of drug-likeness (QED) is 0.0261. The first kappa shape index (κ1) is 76.1. The van der Waals surface area contributed by atoms with Gasteiger partial charge >= 0.3 is 17.9 Å². The summed E-state index contributed by atoms with van der Waals surface area (Å²) in [7, 11) is 0. The number of hydrogen-bond donors (Lipinski definition) is 0. The van der Waals surface area contributed by atoms with Crippen LogP contribution >= 0.6 is 0 Å². The minimum absolute atomic E-state index is 0.0699. The van der Waals surface area contributed by atoms with Crippen LogP contribution in [0.1, 0.15) is 367 Å². The Hall–Kier alpha value is -2.89. The number of carbonyl (C=O) groups is 3. The highest BCUT2D eigenvalue weighted by atomic mass is 16.6. The number of ether oxygens (including phenoxy) is 3. The van der Waals surface area contributed by atoms with E-state index >= 15 is 0 Å². The summed E-state index contributed by atoms with van der Waals surface area (Å²) >= 11 is 0. The van der Waals surface area contributed by atoms with Crippen molar-refractivity contribution in [2.24, 2.45) is 0 Å². The van der Waals surface area contributed by atoms with Gasteiger partial charge in [-0.3, -0.25) is 14.4 Å². The summed E-state index contributed by atoms with van der Waals surface area (Å²) in [5.74, 6) is -0.856. The number of allylic oxidation sites excluding steroid dienone is 10. The predicted octanol–water partition coefficient (Wildman–Crippen LogP) is 23.9. The van der Waals surface area contributed by atoms with Crippen LogP contribution in [0.25, 0.3) is 0 Å². The smallest absolute Gasteiger partial charge is 0.306 e. The van der Waals surface area contributed by atoms with Crippen LogP contribution in [0.5, 0.6) is 0 Å². The van der Waals surface area contributed by atoms with Crippen molar-refractivity contribution < 1.29 is 28.6 Å². The highest BCUT2D eigenvalue weighted by molar-refractivity contribution is 5.71. The second-order valence-corrected chi connectivity index (χ2v) is 23.4. The number of unbranched alkanes of at least 4 members (excludes halogenated alkanes) is 43. The van der Waals surface area contributed by atoms with Crippen LogP contribution in [0, 0.1) is 0 Å². The molecule has 1 unspecified atom stereocenters. The van der Waals surface area contributed by atoms with Gasteiger partial charge in [-0.05, 0) is 83.5 Å². The molecular formula is C73H132O6. The average Bonchev–Trinajstić information content (AvgIpc) is 3.45. The first-order valence-electron chi connectivity index (χ1n) is 34.8. The molecule has 0 bridgehead atoms. The van der Waals surface area contributed by atoms with Gasteiger partial charge < -0.3 is 14.2 Å². The molecule has 0 aliphatic rings. The van der Waals surface area contributed by atoms with Crippen molar-refractivity contribution in [2.75, 3.05) is 13.2 Å². The van der Waals surface area contributed by atoms with E-state index in [1.807, 2.05) is 0 Å². The summed E-state index contributed by atoms with van der Waals surface area (Å²) in [6.07, 6.45) is 87.0. The fourth-order valence-electron chi connectivity index (χ4n) is 10.3. The molecule has 6 heteroatoms. The second-order valence-electron chi connectivity index (χ2n) is 23.4. The van der Waals surface area contributed by atoms with E-state index < -0.39 is 6.10 Å². The normalized spacial score (nSPS) is 12.4. The highest BCUT2D eigenvalue weighted by Gasteiger charge is 2.19. The molecule has 0 heterocycles. The standard InChI is InChI=1S/C73H132O6/c1-4-7-10-13-16-19-22-25-27-28-29-30-31-32-33-34-35-36-37-38-39-40-41-42-43-44-45-46-47-49-51-54-57-60-63-66-72(75)78-69-70(68-77-71(74)65-62-59-56-53-50-24-21-18-15-12-9-6-3)79-73(76)67-64-61-58-55-52-48-26-23-20-17-14-11-8-5-2/h7,10,16,18-19,21,25,27,29-30,70H,4-6,8-9,11-15,17,20,22-24,26,28,31-69H2,1-3H3/b10-7-,19-16-,21-18-,27-25-,30-29-. The molecule has 0 aromatic carbocycles. The summed E-state index contributed by atoms with van der Waals surface area (Å²) in [6, 6.07) is 0. The molecule has 0 spiro atoms. The van der Waals surface area contributed by atoms with E-state index in [1.165, 1.54) is 238 Å². The second kappa shape index (κ2) is 67.6. The molecule has 0 fully saturated rings. The van der Waals surface area contributed by atoms with Crippen LogP contribution in [0.2, 0.25) is 0 Å². The number of rotatable bonds is 64. The van der Waals surface area contributed by atoms with E-state index in [-0.39, 0.29) is 31.1 Å². The summed E-state index contributed by atoms with van der Waals surface area (Å²) < 4.78 is 16.9. The highest BCUT2D eigenvalue weighted by Crippen LogP contribution is 2.18. The predicted molar refractivity (Wildman–Crippen MR) is 344 cm³/mol. The molecule has 0 aromatic heterocycles. The molecule has 0 saturated carbocycles. The monoisotopic (exact) mass is 1110 g/mol. The molecular weight excluding hydrogens is 973 g/mol. The van der Waals surface area contributed by atoms with Crippen LogP contribution < -0.4 is 0 Å². The lowest BCUT2D eigenvalue weighted by atomic mass is 10.0. The molecule has 1 atom stereocenters. The van der Waals surface area contributed by atoms with Crippen molar-refractivity contribution in [3.05, 3.63) is 60.8 Å². The van der Waals surface area contributed by atoms with Crippen LogP contribution in [0.15, 0.2) is 60.8 Å². The SMILES string of the molecule is CC/C=C\C/C=C\C/C=C\C/C=C\CCCCCCCCCCCCCCCCCCCCCCCCC(=O)OCC(COC(=O)CCCCCCC/C=C\CCCCC)OC(=O)CCCCCCCCCCCCCCCC. The zero-order valence-corrected chi connectivity index (χ0v) is 52.9. The molecule has 0 aliphatic heterocycles. The lowest BCUT2D eigenvalue weighted by Gasteiger charge is -2.18. The van der Waals surface area contributed by atoms with Gasteiger partial charge in [0.05, 0.1) is 0 Å². The van der Waals surface area contributed by atoms with Gasteiger partial charge in [0.2, 0.25) is 0 Å². The maximum atomic E-state index is 12.9. The van der Waals surface area contributed by atoms with Crippen LogP contribution in [-0.4, -0.2) is 37.2 Å². The van der Waals surface area contributed by atoms with Crippen molar-refractivity contribution in [2.45, 2.75) is 374 Å². The van der Waals surface area contributed by atoms with Crippen LogP contribution in [-0.2, 0) is 28.6 Å². The minimum atomic E-state index is -0.772. The van der Waals surface area contributed by atoms with Gasteiger partial charge in [0.25, 0.3) is 0 Å². The van der Waals surface area contributed by atoms with Crippen molar-refractivity contribution in [3.63, 3.8) is 0 Å². The maximum Gasteiger partial charge on any atom is 0.306 e. The number of hydrogen-bond acceptors (Lipinski definition) is 6. The molecule has 0 saturated heterocycles. The van der Waals surface area contributed by atoms with Crippen LogP contribution in [0.3, 0.4) is 0 Å². The molecule has 0 rings (SSSR count). The Balaban J connectivity index is 4.03. The third-order valence-corrected chi connectivity index (χ3v) is 15.5. The van der Waals surface area contributed by atoms with Gasteiger partial charge in [-0.1, -0.05) is 326 Å². The van der Waals surface area contributed by atoms with Gasteiger partial charge in [0.1, 0.15) is 13.2 Å². The summed E-state index contributed by atoms with van der Waals surface area (Å²) in [6.45, 7) is 6.55. The fraction of sp³-hybridized carbons (Fsp3) is 0.822. The Morgan fingerprint density at radius 3 is 0.810 bits per heavy atom. The Labute approximate surface area is 491 Å². The van der Waals surface area contributed by atoms with E-state index in [1.54, 1.807) is 0 Å². The van der Waals surface area contributed by atoms with Crippen molar-refractivity contribution in [1.29, 1.82) is 0 Å². The molecule has 6 nitrogen and oxygen atoms in total. The Bertz CT molecular complexity index is 1410. The van der Waals surface area contributed by atoms with E-state index in [0.29, 0.717) is 19.3 Å². The molecule has 0 amide bonds. The van der Waals surface area contributed by atoms with Gasteiger partial charge in [0, 0.05) is 19.3 Å². The molecule has 79 heavy (non-hydrogen) atoms. The van der Waals surface area contributed by atoms with Gasteiger partial charge in [-0.2, -0.15) is 0 Å². The Kier molecular flexibility index (Phi) is 65.1. The minimum Gasteiger partial charge on any atom is -0.462 e. The first-order valence-corrected chi connectivity index (χ1v) is 34.8. The Morgan fingerprint density at radius 1 is 0.266 bits per heavy atom. The molecule has 460 valence electrons. The zero-order chi connectivity index (χ0) is 57.1. The van der Waals surface area contributed by atoms with E-state index in [0.717, 1.165) is 89.9 Å². The average molecular weight is 1110 g/mol. The third-order valence-electron chi connectivity index (χ3n) is 15.5. The largest absolute Gasteiger partial charge is 0.462 e. The van der Waals surface area contributed by atoms with Crippen molar-refractivity contribution in [3.8, 4) is 0 Å². The Morgan fingerprint density at radius 2 is 0.494 bits per heavy atom. The lowest BCUT2D eigenvalue weighted by molar-refractivity contribution is -0.167. The zero-order valence-electron chi connectivity index (χ0n) is 52.9. The molecule has 0 radical (unpaired) electrons. The fourth-order valence-corrected chi connectivity index (χ4v) is 10.3. The summed E-state index contributed by atoms with van der Waals surface area (Å²) in [5, 5.41) is 0. The third kappa shape index (κ3) is 65.8. The van der Waals surface area contributed by atoms with Gasteiger partial charge in [-0.25, -0.2) is 0 Å². The number of esters is 3.